The summed E-state index contributed by atoms with van der Waals surface area (Å²) in [7, 11) is 0. The Hall–Kier alpha value is -0.720. The molecule has 0 atom stereocenters. The van der Waals surface area contributed by atoms with Crippen LogP contribution < -0.4 is 0 Å². The highest BCUT2D eigenvalue weighted by atomic mass is 16.3. The van der Waals surface area contributed by atoms with Crippen molar-refractivity contribution in [3.05, 3.63) is 23.7 Å². The maximum Gasteiger partial charge on any atom is 0.0934 e. The highest BCUT2D eigenvalue weighted by Crippen LogP contribution is 2.04. The smallest absolute Gasteiger partial charge is 0.0934 e. The van der Waals surface area contributed by atoms with Crippen molar-refractivity contribution in [3.63, 3.8) is 0 Å². The van der Waals surface area contributed by atoms with Gasteiger partial charge >= 0.3 is 0 Å². The number of hydrogen-bond donors (Lipinski definition) is 0. The fraction of sp³-hybridized carbons (Fsp3) is 0.333. The van der Waals surface area contributed by atoms with Crippen LogP contribution in [0.3, 0.4) is 0 Å². The van der Waals surface area contributed by atoms with Gasteiger partial charge in [0, 0.05) is 0 Å². The van der Waals surface area contributed by atoms with Crippen molar-refractivity contribution in [2.75, 3.05) is 0 Å². The summed E-state index contributed by atoms with van der Waals surface area (Å²) < 4.78 is 4.84. The van der Waals surface area contributed by atoms with Crippen molar-refractivity contribution in [1.82, 2.24) is 0 Å². The van der Waals surface area contributed by atoms with Crippen molar-refractivity contribution < 1.29 is 4.42 Å². The molecule has 0 aliphatic heterocycles. The first-order valence-electron chi connectivity index (χ1n) is 2.30. The molecule has 7 heavy (non-hydrogen) atoms. The third kappa shape index (κ3) is 0.660. The third-order valence-electron chi connectivity index (χ3n) is 1.11. The highest BCUT2D eigenvalue weighted by molar-refractivity contribution is 5.15. The van der Waals surface area contributed by atoms with Gasteiger partial charge in [-0.05, 0) is 25.0 Å². The minimum atomic E-state index is 1.22. The molecule has 38 valence electrons. The molecule has 0 spiro atoms. The van der Waals surface area contributed by atoms with E-state index >= 15 is 0 Å². The Balaban J connectivity index is 3.12. The van der Waals surface area contributed by atoms with Gasteiger partial charge in [-0.2, -0.15) is 0 Å². The van der Waals surface area contributed by atoms with Gasteiger partial charge in [-0.1, -0.05) is 0 Å². The Labute approximate surface area is 43.0 Å². The van der Waals surface area contributed by atoms with Crippen LogP contribution in [0.1, 0.15) is 11.1 Å². The van der Waals surface area contributed by atoms with Gasteiger partial charge in [0.25, 0.3) is 0 Å². The van der Waals surface area contributed by atoms with Gasteiger partial charge in [-0.15, -0.1) is 0 Å². The van der Waals surface area contributed by atoms with E-state index in [2.05, 4.69) is 0 Å². The minimum absolute atomic E-state index is 1.22. The SMILES string of the molecule is Cc1cocc1C. The predicted octanol–water partition coefficient (Wildman–Crippen LogP) is 1.90. The van der Waals surface area contributed by atoms with Gasteiger partial charge in [0.2, 0.25) is 0 Å². The molecule has 0 radical (unpaired) electrons. The lowest BCUT2D eigenvalue weighted by Crippen LogP contribution is -1.63. The number of furan rings is 1. The van der Waals surface area contributed by atoms with Crippen LogP contribution in [-0.4, -0.2) is 0 Å². The van der Waals surface area contributed by atoms with E-state index in [1.807, 2.05) is 13.8 Å². The topological polar surface area (TPSA) is 13.1 Å². The van der Waals surface area contributed by atoms with Crippen molar-refractivity contribution >= 4 is 0 Å². The second kappa shape index (κ2) is 1.41. The maximum atomic E-state index is 4.84. The predicted molar refractivity (Wildman–Crippen MR) is 28.2 cm³/mol. The largest absolute Gasteiger partial charge is 0.472 e. The lowest BCUT2D eigenvalue weighted by atomic mass is 10.2. The summed E-state index contributed by atoms with van der Waals surface area (Å²) in [4.78, 5) is 0. The normalized spacial score (nSPS) is 9.43. The Morgan fingerprint density at radius 2 is 1.57 bits per heavy atom. The lowest BCUT2D eigenvalue weighted by molar-refractivity contribution is 0.564. The lowest BCUT2D eigenvalue weighted by Gasteiger charge is -1.76. The van der Waals surface area contributed by atoms with E-state index in [1.165, 1.54) is 11.1 Å². The number of aryl methyl sites for hydroxylation is 2. The van der Waals surface area contributed by atoms with Crippen molar-refractivity contribution in [2.24, 2.45) is 0 Å². The molecule has 1 aromatic heterocycles. The van der Waals surface area contributed by atoms with Crippen LogP contribution in [-0.2, 0) is 0 Å². The summed E-state index contributed by atoms with van der Waals surface area (Å²) in [5.41, 5.74) is 2.44. The maximum absolute atomic E-state index is 4.84. The minimum Gasteiger partial charge on any atom is -0.472 e. The van der Waals surface area contributed by atoms with Gasteiger partial charge in [-0.3, -0.25) is 0 Å². The van der Waals surface area contributed by atoms with Crippen LogP contribution in [0.5, 0.6) is 0 Å². The Bertz CT molecular complexity index is 136. The molecule has 1 rings (SSSR count). The van der Waals surface area contributed by atoms with E-state index in [-0.39, 0.29) is 0 Å². The van der Waals surface area contributed by atoms with Gasteiger partial charge in [-0.25, -0.2) is 0 Å². The zero-order valence-corrected chi connectivity index (χ0v) is 4.56. The highest BCUT2D eigenvalue weighted by Gasteiger charge is 1.88. The summed E-state index contributed by atoms with van der Waals surface area (Å²) in [5, 5.41) is 0. The molecule has 0 fully saturated rings. The van der Waals surface area contributed by atoms with E-state index in [0.29, 0.717) is 0 Å². The summed E-state index contributed by atoms with van der Waals surface area (Å²) in [5.74, 6) is 0. The molecule has 0 aliphatic rings. The van der Waals surface area contributed by atoms with E-state index in [4.69, 9.17) is 4.42 Å². The first-order chi connectivity index (χ1) is 3.30. The van der Waals surface area contributed by atoms with E-state index in [1.54, 1.807) is 12.5 Å². The zero-order valence-electron chi connectivity index (χ0n) is 4.56. The standard InChI is InChI=1S/C6H8O/c1-5-3-7-4-6(5)2/h3-4H,1-2H3. The average Bonchev–Trinajstić information content (AvgIpc) is 1.91. The summed E-state index contributed by atoms with van der Waals surface area (Å²) in [6.07, 6.45) is 3.49. The number of hydrogen-bond acceptors (Lipinski definition) is 1. The molecular formula is C6H8O. The molecule has 0 aromatic carbocycles. The molecule has 0 saturated heterocycles. The Kier molecular flexibility index (Phi) is 0.895. The van der Waals surface area contributed by atoms with E-state index < -0.39 is 0 Å². The second-order valence-corrected chi connectivity index (χ2v) is 1.74. The van der Waals surface area contributed by atoms with Gasteiger partial charge in [0.05, 0.1) is 12.5 Å². The van der Waals surface area contributed by atoms with Crippen molar-refractivity contribution in [3.8, 4) is 0 Å². The number of rotatable bonds is 0. The van der Waals surface area contributed by atoms with Crippen LogP contribution >= 0.6 is 0 Å². The van der Waals surface area contributed by atoms with Crippen molar-refractivity contribution in [1.29, 1.82) is 0 Å². The quantitative estimate of drug-likeness (QED) is 0.480. The van der Waals surface area contributed by atoms with Gasteiger partial charge in [0.15, 0.2) is 0 Å². The van der Waals surface area contributed by atoms with Crippen LogP contribution in [0, 0.1) is 13.8 Å². The molecular weight excluding hydrogens is 88.1 g/mol. The molecule has 1 heterocycles. The molecule has 1 aromatic rings. The Morgan fingerprint density at radius 1 is 1.14 bits per heavy atom. The molecule has 0 saturated carbocycles. The van der Waals surface area contributed by atoms with E-state index in [0.717, 1.165) is 0 Å². The molecule has 1 nitrogen and oxygen atoms in total. The summed E-state index contributed by atoms with van der Waals surface area (Å²) in [6.45, 7) is 4.05. The average molecular weight is 96.1 g/mol. The van der Waals surface area contributed by atoms with E-state index in [9.17, 15) is 0 Å². The van der Waals surface area contributed by atoms with Crippen LogP contribution in [0.25, 0.3) is 0 Å². The fourth-order valence-electron chi connectivity index (χ4n) is 0.424. The first-order valence-corrected chi connectivity index (χ1v) is 2.30. The summed E-state index contributed by atoms with van der Waals surface area (Å²) >= 11 is 0. The van der Waals surface area contributed by atoms with Crippen molar-refractivity contribution in [2.45, 2.75) is 13.8 Å². The molecule has 0 N–H and O–H groups in total. The second-order valence-electron chi connectivity index (χ2n) is 1.74. The molecule has 0 amide bonds. The van der Waals surface area contributed by atoms with Crippen LogP contribution in [0.15, 0.2) is 16.9 Å². The first kappa shape index (κ1) is 4.44. The third-order valence-corrected chi connectivity index (χ3v) is 1.11. The van der Waals surface area contributed by atoms with Gasteiger partial charge < -0.3 is 4.42 Å². The summed E-state index contributed by atoms with van der Waals surface area (Å²) in [6, 6.07) is 0. The molecule has 1 heteroatoms. The molecule has 0 unspecified atom stereocenters. The monoisotopic (exact) mass is 96.1 g/mol. The Morgan fingerprint density at radius 3 is 1.71 bits per heavy atom. The van der Waals surface area contributed by atoms with Crippen LogP contribution in [0.4, 0.5) is 0 Å². The molecule has 0 aliphatic carbocycles. The van der Waals surface area contributed by atoms with Gasteiger partial charge in [0.1, 0.15) is 0 Å². The molecule has 0 bridgehead atoms. The van der Waals surface area contributed by atoms with Crippen LogP contribution in [0.2, 0.25) is 0 Å². The fourth-order valence-corrected chi connectivity index (χ4v) is 0.424. The zero-order chi connectivity index (χ0) is 5.28.